The molecule has 2 heteroatoms. The zero-order valence-corrected chi connectivity index (χ0v) is 8.63. The van der Waals surface area contributed by atoms with E-state index >= 15 is 0 Å². The lowest BCUT2D eigenvalue weighted by molar-refractivity contribution is -0.160. The minimum Gasteiger partial charge on any atom is -0.481 e. The molecule has 2 aliphatic rings. The summed E-state index contributed by atoms with van der Waals surface area (Å²) in [6.07, 6.45) is 3.49. The van der Waals surface area contributed by atoms with Gasteiger partial charge in [-0.3, -0.25) is 4.79 Å². The fourth-order valence-corrected chi connectivity index (χ4v) is 3.56. The van der Waals surface area contributed by atoms with Crippen molar-refractivity contribution < 1.29 is 9.90 Å². The maximum atomic E-state index is 11.3. The van der Waals surface area contributed by atoms with Gasteiger partial charge in [0, 0.05) is 0 Å². The molecule has 0 aliphatic heterocycles. The van der Waals surface area contributed by atoms with E-state index in [0.29, 0.717) is 11.8 Å². The third kappa shape index (κ3) is 0.818. The van der Waals surface area contributed by atoms with E-state index in [1.807, 2.05) is 6.92 Å². The molecule has 2 rings (SSSR count). The van der Waals surface area contributed by atoms with Gasteiger partial charge in [0.25, 0.3) is 0 Å². The van der Waals surface area contributed by atoms with E-state index < -0.39 is 11.4 Å². The van der Waals surface area contributed by atoms with Gasteiger partial charge in [0.1, 0.15) is 0 Å². The molecular weight excluding hydrogens is 164 g/mol. The van der Waals surface area contributed by atoms with Gasteiger partial charge in [0.05, 0.1) is 5.41 Å². The summed E-state index contributed by atoms with van der Waals surface area (Å²) in [5.41, 5.74) is -0.488. The van der Waals surface area contributed by atoms with Gasteiger partial charge >= 0.3 is 5.97 Å². The molecule has 2 aliphatic carbocycles. The summed E-state index contributed by atoms with van der Waals surface area (Å²) >= 11 is 0. The van der Waals surface area contributed by atoms with Gasteiger partial charge in [-0.15, -0.1) is 0 Å². The Morgan fingerprint density at radius 2 is 1.77 bits per heavy atom. The first-order valence-corrected chi connectivity index (χ1v) is 5.14. The number of aliphatic carboxylic acids is 1. The molecule has 2 saturated carbocycles. The van der Waals surface area contributed by atoms with Crippen molar-refractivity contribution in [3.63, 3.8) is 0 Å². The van der Waals surface area contributed by atoms with Crippen LogP contribution >= 0.6 is 0 Å². The van der Waals surface area contributed by atoms with Crippen LogP contribution in [0.25, 0.3) is 0 Å². The van der Waals surface area contributed by atoms with Gasteiger partial charge in [-0.1, -0.05) is 13.8 Å². The fourth-order valence-electron chi connectivity index (χ4n) is 3.56. The predicted molar refractivity (Wildman–Crippen MR) is 50.4 cm³/mol. The van der Waals surface area contributed by atoms with Crippen molar-refractivity contribution in [2.75, 3.05) is 0 Å². The Morgan fingerprint density at radius 3 is 2.08 bits per heavy atom. The largest absolute Gasteiger partial charge is 0.481 e. The van der Waals surface area contributed by atoms with Crippen LogP contribution in [0.15, 0.2) is 0 Å². The highest BCUT2D eigenvalue weighted by atomic mass is 16.4. The Balaban J connectivity index is 2.43. The highest BCUT2D eigenvalue weighted by Gasteiger charge is 2.64. The van der Waals surface area contributed by atoms with Crippen LogP contribution in [-0.4, -0.2) is 11.1 Å². The molecule has 13 heavy (non-hydrogen) atoms. The molecule has 1 N–H and O–H groups in total. The molecule has 0 saturated heterocycles. The summed E-state index contributed by atoms with van der Waals surface area (Å²) in [5.74, 6) is 0.466. The molecule has 0 unspecified atom stereocenters. The lowest BCUT2D eigenvalue weighted by atomic mass is 9.59. The lowest BCUT2D eigenvalue weighted by Crippen LogP contribution is -2.46. The number of hydrogen-bond donors (Lipinski definition) is 1. The van der Waals surface area contributed by atoms with Crippen molar-refractivity contribution in [2.24, 2.45) is 22.7 Å². The number of carboxylic acids is 1. The highest BCUT2D eigenvalue weighted by molar-refractivity contribution is 5.76. The monoisotopic (exact) mass is 182 g/mol. The smallest absolute Gasteiger partial charge is 0.310 e. The second-order valence-electron chi connectivity index (χ2n) is 5.44. The van der Waals surface area contributed by atoms with Crippen molar-refractivity contribution >= 4 is 5.97 Å². The average Bonchev–Trinajstić information content (AvgIpc) is 2.54. The van der Waals surface area contributed by atoms with E-state index in [4.69, 9.17) is 0 Å². The van der Waals surface area contributed by atoms with Crippen LogP contribution in [0.3, 0.4) is 0 Å². The second kappa shape index (κ2) is 2.28. The van der Waals surface area contributed by atoms with Crippen molar-refractivity contribution in [1.29, 1.82) is 0 Å². The maximum absolute atomic E-state index is 11.3. The van der Waals surface area contributed by atoms with Gasteiger partial charge < -0.3 is 5.11 Å². The van der Waals surface area contributed by atoms with Crippen LogP contribution in [0.2, 0.25) is 0 Å². The summed E-state index contributed by atoms with van der Waals surface area (Å²) in [6.45, 7) is 6.20. The van der Waals surface area contributed by atoms with Gasteiger partial charge in [-0.05, 0) is 43.4 Å². The summed E-state index contributed by atoms with van der Waals surface area (Å²) in [7, 11) is 0. The molecule has 0 aromatic heterocycles. The van der Waals surface area contributed by atoms with Crippen molar-refractivity contribution in [2.45, 2.75) is 40.0 Å². The molecule has 74 valence electrons. The van der Waals surface area contributed by atoms with Crippen LogP contribution in [-0.2, 0) is 4.79 Å². The molecule has 0 aromatic rings. The minimum atomic E-state index is -0.593. The summed E-state index contributed by atoms with van der Waals surface area (Å²) in [4.78, 5) is 11.3. The Bertz CT molecular complexity index is 257. The van der Waals surface area contributed by atoms with Crippen LogP contribution in [0.4, 0.5) is 0 Å². The van der Waals surface area contributed by atoms with Gasteiger partial charge in [0.15, 0.2) is 0 Å². The van der Waals surface area contributed by atoms with E-state index in [0.717, 1.165) is 12.8 Å². The van der Waals surface area contributed by atoms with Crippen LogP contribution in [0.5, 0.6) is 0 Å². The lowest BCUT2D eigenvalue weighted by Gasteiger charge is -2.44. The number of rotatable bonds is 1. The van der Waals surface area contributed by atoms with E-state index in [9.17, 15) is 9.90 Å². The molecule has 2 bridgehead atoms. The Kier molecular flexibility index (Phi) is 1.59. The highest BCUT2D eigenvalue weighted by Crippen LogP contribution is 2.66. The molecule has 0 spiro atoms. The first-order valence-electron chi connectivity index (χ1n) is 5.14. The SMILES string of the molecule is CC1(C)[C@H]2CC[C@H](C2)[C@]1(C)C(=O)O. The first kappa shape index (κ1) is 9.04. The zero-order chi connectivity index (χ0) is 9.85. The molecule has 3 atom stereocenters. The Labute approximate surface area is 79.3 Å². The van der Waals surface area contributed by atoms with Crippen molar-refractivity contribution in [3.8, 4) is 0 Å². The summed E-state index contributed by atoms with van der Waals surface area (Å²) in [6, 6.07) is 0. The number of hydrogen-bond acceptors (Lipinski definition) is 1. The van der Waals surface area contributed by atoms with Gasteiger partial charge in [0.2, 0.25) is 0 Å². The van der Waals surface area contributed by atoms with Crippen LogP contribution in [0, 0.1) is 22.7 Å². The molecule has 2 fully saturated rings. The van der Waals surface area contributed by atoms with Crippen molar-refractivity contribution in [3.05, 3.63) is 0 Å². The van der Waals surface area contributed by atoms with Crippen LogP contribution < -0.4 is 0 Å². The van der Waals surface area contributed by atoms with Gasteiger partial charge in [-0.2, -0.15) is 0 Å². The normalized spacial score (nSPS) is 46.7. The third-order valence-corrected chi connectivity index (χ3v) is 5.05. The van der Waals surface area contributed by atoms with Crippen molar-refractivity contribution in [1.82, 2.24) is 0 Å². The molecule has 0 aromatic carbocycles. The first-order chi connectivity index (χ1) is 5.90. The minimum absolute atomic E-state index is 0.0122. The number of fused-ring (bicyclic) bond motifs is 2. The quantitative estimate of drug-likeness (QED) is 0.676. The number of carbonyl (C=O) groups is 1. The Morgan fingerprint density at radius 1 is 1.23 bits per heavy atom. The van der Waals surface area contributed by atoms with Gasteiger partial charge in [-0.25, -0.2) is 0 Å². The topological polar surface area (TPSA) is 37.3 Å². The van der Waals surface area contributed by atoms with E-state index in [2.05, 4.69) is 13.8 Å². The second-order valence-corrected chi connectivity index (χ2v) is 5.44. The van der Waals surface area contributed by atoms with Crippen LogP contribution in [0.1, 0.15) is 40.0 Å². The molecule has 2 nitrogen and oxygen atoms in total. The predicted octanol–water partition coefficient (Wildman–Crippen LogP) is 2.53. The zero-order valence-electron chi connectivity index (χ0n) is 8.63. The number of carboxylic acid groups (broad SMARTS) is 1. The van der Waals surface area contributed by atoms with E-state index in [1.54, 1.807) is 0 Å². The standard InChI is InChI=1S/C11H18O2/c1-10(2)7-4-5-8(6-7)11(10,3)9(12)13/h7-8H,4-6H2,1-3H3,(H,12,13)/t7-,8+,11+/m0/s1. The third-order valence-electron chi connectivity index (χ3n) is 5.05. The average molecular weight is 182 g/mol. The molecule has 0 radical (unpaired) electrons. The molecule has 0 amide bonds. The molecule has 0 heterocycles. The van der Waals surface area contributed by atoms with E-state index in [-0.39, 0.29) is 5.41 Å². The molecular formula is C11H18O2. The Hall–Kier alpha value is -0.530. The maximum Gasteiger partial charge on any atom is 0.310 e. The fraction of sp³-hybridized carbons (Fsp3) is 0.909. The van der Waals surface area contributed by atoms with E-state index in [1.165, 1.54) is 6.42 Å². The summed E-state index contributed by atoms with van der Waals surface area (Å²) < 4.78 is 0. The summed E-state index contributed by atoms with van der Waals surface area (Å²) in [5, 5.41) is 9.33.